The molecule has 0 spiro atoms. The Morgan fingerprint density at radius 3 is 2.96 bits per heavy atom. The molecule has 1 atom stereocenters. The molecule has 0 aliphatic heterocycles. The largest absolute Gasteiger partial charge is 0.384 e. The summed E-state index contributed by atoms with van der Waals surface area (Å²) >= 11 is 1.52. The van der Waals surface area contributed by atoms with E-state index in [9.17, 15) is 9.90 Å². The third kappa shape index (κ3) is 3.49. The Bertz CT molecular complexity index is 780. The minimum absolute atomic E-state index is 0.147. The van der Waals surface area contributed by atoms with E-state index in [1.807, 2.05) is 41.2 Å². The molecule has 0 fully saturated rings. The monoisotopic (exact) mass is 327 g/mol. The molecule has 1 aromatic carbocycles. The van der Waals surface area contributed by atoms with Gasteiger partial charge < -0.3 is 10.4 Å². The minimum Gasteiger partial charge on any atom is -0.384 e. The lowest BCUT2D eigenvalue weighted by Gasteiger charge is -2.22. The number of nitrogens with one attached hydrogen (secondary N) is 1. The summed E-state index contributed by atoms with van der Waals surface area (Å²) in [7, 11) is 0. The van der Waals surface area contributed by atoms with Gasteiger partial charge in [0.1, 0.15) is 5.60 Å². The van der Waals surface area contributed by atoms with E-state index in [-0.39, 0.29) is 12.5 Å². The Labute approximate surface area is 138 Å². The van der Waals surface area contributed by atoms with Crippen LogP contribution in [0.25, 0.3) is 5.69 Å². The number of rotatable bonds is 5. The number of hydrogen-bond donors (Lipinski definition) is 2. The number of benzene rings is 1. The average Bonchev–Trinajstić information content (AvgIpc) is 3.25. The van der Waals surface area contributed by atoms with Gasteiger partial charge in [0.2, 0.25) is 0 Å². The van der Waals surface area contributed by atoms with Crippen LogP contribution in [0.5, 0.6) is 0 Å². The molecular formula is C17H17N3O2S. The molecule has 1 amide bonds. The van der Waals surface area contributed by atoms with E-state index >= 15 is 0 Å². The summed E-state index contributed by atoms with van der Waals surface area (Å²) in [6.45, 7) is 1.84. The van der Waals surface area contributed by atoms with Crippen molar-refractivity contribution in [1.82, 2.24) is 15.1 Å². The molecule has 2 aromatic heterocycles. The predicted molar refractivity (Wildman–Crippen MR) is 89.8 cm³/mol. The number of hydrogen-bond acceptors (Lipinski definition) is 4. The standard InChI is InChI=1S/C17H17N3O2S/c1-17(22,14-6-9-23-11-14)12-18-16(21)13-4-2-5-15(10-13)20-8-3-7-19-20/h2-11,22H,12H2,1H3,(H,18,21). The van der Waals surface area contributed by atoms with Crippen LogP contribution in [-0.4, -0.2) is 27.3 Å². The number of amides is 1. The zero-order valence-electron chi connectivity index (χ0n) is 12.6. The first-order chi connectivity index (χ1) is 11.1. The molecular weight excluding hydrogens is 310 g/mol. The Balaban J connectivity index is 1.70. The second-order valence-electron chi connectivity index (χ2n) is 5.47. The number of aromatic nitrogens is 2. The van der Waals surface area contributed by atoms with E-state index < -0.39 is 5.60 Å². The van der Waals surface area contributed by atoms with Crippen LogP contribution >= 0.6 is 11.3 Å². The van der Waals surface area contributed by atoms with Gasteiger partial charge in [-0.15, -0.1) is 0 Å². The fourth-order valence-corrected chi connectivity index (χ4v) is 3.02. The first kappa shape index (κ1) is 15.5. The Hall–Kier alpha value is -2.44. The number of thiophene rings is 1. The van der Waals surface area contributed by atoms with E-state index in [1.165, 1.54) is 11.3 Å². The molecule has 1 unspecified atom stereocenters. The maximum atomic E-state index is 12.3. The highest BCUT2D eigenvalue weighted by Crippen LogP contribution is 2.22. The summed E-state index contributed by atoms with van der Waals surface area (Å²) in [4.78, 5) is 12.3. The van der Waals surface area contributed by atoms with Crippen molar-refractivity contribution >= 4 is 17.2 Å². The van der Waals surface area contributed by atoms with Crippen LogP contribution in [0.1, 0.15) is 22.8 Å². The highest BCUT2D eigenvalue weighted by atomic mass is 32.1. The first-order valence-electron chi connectivity index (χ1n) is 7.19. The molecule has 0 bridgehead atoms. The average molecular weight is 327 g/mol. The van der Waals surface area contributed by atoms with E-state index in [0.717, 1.165) is 11.3 Å². The summed E-state index contributed by atoms with van der Waals surface area (Å²) < 4.78 is 1.69. The zero-order chi connectivity index (χ0) is 16.3. The van der Waals surface area contributed by atoms with Crippen molar-refractivity contribution in [2.75, 3.05) is 6.54 Å². The fourth-order valence-electron chi connectivity index (χ4n) is 2.24. The maximum Gasteiger partial charge on any atom is 0.251 e. The molecule has 0 aliphatic carbocycles. The predicted octanol–water partition coefficient (Wildman–Crippen LogP) is 2.57. The van der Waals surface area contributed by atoms with Crippen molar-refractivity contribution in [1.29, 1.82) is 0 Å². The van der Waals surface area contributed by atoms with Crippen LogP contribution in [0.2, 0.25) is 0 Å². The molecule has 2 heterocycles. The summed E-state index contributed by atoms with van der Waals surface area (Å²) in [5.74, 6) is -0.227. The molecule has 5 nitrogen and oxygen atoms in total. The van der Waals surface area contributed by atoms with Gasteiger partial charge >= 0.3 is 0 Å². The van der Waals surface area contributed by atoms with Gasteiger partial charge in [-0.05, 0) is 53.6 Å². The lowest BCUT2D eigenvalue weighted by molar-refractivity contribution is 0.0530. The normalized spacial score (nSPS) is 13.5. The second kappa shape index (κ2) is 6.36. The van der Waals surface area contributed by atoms with Crippen LogP contribution in [0.4, 0.5) is 0 Å². The van der Waals surface area contributed by atoms with Crippen molar-refractivity contribution in [2.24, 2.45) is 0 Å². The number of nitrogens with zero attached hydrogens (tertiary/aromatic N) is 2. The Kier molecular flexibility index (Phi) is 4.27. The SMILES string of the molecule is CC(O)(CNC(=O)c1cccc(-n2cccn2)c1)c1ccsc1. The number of carbonyl (C=O) groups is 1. The van der Waals surface area contributed by atoms with Crippen molar-refractivity contribution in [3.63, 3.8) is 0 Å². The third-order valence-corrected chi connectivity index (χ3v) is 4.30. The molecule has 2 N–H and O–H groups in total. The Morgan fingerprint density at radius 2 is 2.26 bits per heavy atom. The van der Waals surface area contributed by atoms with Crippen LogP contribution in [0, 0.1) is 0 Å². The van der Waals surface area contributed by atoms with E-state index in [1.54, 1.807) is 29.9 Å². The van der Waals surface area contributed by atoms with Crippen molar-refractivity contribution < 1.29 is 9.90 Å². The van der Waals surface area contributed by atoms with E-state index in [0.29, 0.717) is 5.56 Å². The van der Waals surface area contributed by atoms with Gasteiger partial charge in [0, 0.05) is 18.0 Å². The van der Waals surface area contributed by atoms with Gasteiger partial charge in [0.25, 0.3) is 5.91 Å². The number of carbonyl (C=O) groups excluding carboxylic acids is 1. The van der Waals surface area contributed by atoms with Crippen LogP contribution in [-0.2, 0) is 5.60 Å². The van der Waals surface area contributed by atoms with Crippen molar-refractivity contribution in [3.8, 4) is 5.69 Å². The maximum absolute atomic E-state index is 12.3. The molecule has 0 aliphatic rings. The molecule has 118 valence electrons. The molecule has 6 heteroatoms. The lowest BCUT2D eigenvalue weighted by Crippen LogP contribution is -2.38. The van der Waals surface area contributed by atoms with Gasteiger partial charge in [-0.2, -0.15) is 16.4 Å². The van der Waals surface area contributed by atoms with Gasteiger partial charge in [-0.25, -0.2) is 4.68 Å². The second-order valence-corrected chi connectivity index (χ2v) is 6.25. The van der Waals surface area contributed by atoms with E-state index in [2.05, 4.69) is 10.4 Å². The minimum atomic E-state index is -1.09. The lowest BCUT2D eigenvalue weighted by atomic mass is 9.99. The summed E-state index contributed by atoms with van der Waals surface area (Å²) in [5, 5.41) is 21.2. The van der Waals surface area contributed by atoms with Crippen molar-refractivity contribution in [2.45, 2.75) is 12.5 Å². The highest BCUT2D eigenvalue weighted by Gasteiger charge is 2.24. The molecule has 0 saturated carbocycles. The quantitative estimate of drug-likeness (QED) is 0.757. The molecule has 23 heavy (non-hydrogen) atoms. The Morgan fingerprint density at radius 1 is 1.39 bits per heavy atom. The van der Waals surface area contributed by atoms with Gasteiger partial charge in [0.15, 0.2) is 0 Å². The van der Waals surface area contributed by atoms with Gasteiger partial charge in [-0.3, -0.25) is 4.79 Å². The van der Waals surface area contributed by atoms with Crippen molar-refractivity contribution in [3.05, 3.63) is 70.7 Å². The van der Waals surface area contributed by atoms with Gasteiger partial charge in [-0.1, -0.05) is 6.07 Å². The van der Waals surface area contributed by atoms with Crippen LogP contribution < -0.4 is 5.32 Å². The third-order valence-electron chi connectivity index (χ3n) is 3.61. The summed E-state index contributed by atoms with van der Waals surface area (Å²) in [6.07, 6.45) is 3.50. The number of aliphatic hydroxyl groups is 1. The highest BCUT2D eigenvalue weighted by molar-refractivity contribution is 7.08. The molecule has 0 radical (unpaired) electrons. The molecule has 3 aromatic rings. The van der Waals surface area contributed by atoms with Crippen LogP contribution in [0.3, 0.4) is 0 Å². The van der Waals surface area contributed by atoms with Crippen LogP contribution in [0.15, 0.2) is 59.6 Å². The smallest absolute Gasteiger partial charge is 0.251 e. The topological polar surface area (TPSA) is 67.2 Å². The molecule has 0 saturated heterocycles. The summed E-state index contributed by atoms with van der Waals surface area (Å²) in [6, 6.07) is 10.9. The first-order valence-corrected chi connectivity index (χ1v) is 8.14. The fraction of sp³-hybridized carbons (Fsp3) is 0.176. The van der Waals surface area contributed by atoms with E-state index in [4.69, 9.17) is 0 Å². The molecule has 3 rings (SSSR count). The zero-order valence-corrected chi connectivity index (χ0v) is 13.5. The van der Waals surface area contributed by atoms with Gasteiger partial charge in [0.05, 0.1) is 12.2 Å². The summed E-state index contributed by atoms with van der Waals surface area (Å²) in [5.41, 5.74) is 1.05.